The Morgan fingerprint density at radius 2 is 2.39 bits per heavy atom. The molecule has 0 saturated heterocycles. The summed E-state index contributed by atoms with van der Waals surface area (Å²) in [5.74, 6) is 0.0531. The van der Waals surface area contributed by atoms with E-state index in [4.69, 9.17) is 17.0 Å². The Morgan fingerprint density at radius 3 is 3.00 bits per heavy atom. The van der Waals surface area contributed by atoms with E-state index >= 15 is 0 Å². The number of hydrogen-bond acceptors (Lipinski definition) is 4. The molecule has 4 nitrogen and oxygen atoms in total. The number of carbonyl (C=O) groups is 1. The molecule has 1 fully saturated rings. The summed E-state index contributed by atoms with van der Waals surface area (Å²) < 4.78 is 6.10. The third-order valence-corrected chi connectivity index (χ3v) is 4.68. The summed E-state index contributed by atoms with van der Waals surface area (Å²) in [6, 6.07) is 0.162. The number of amides is 1. The molecule has 1 aromatic heterocycles. The molecule has 1 aliphatic rings. The summed E-state index contributed by atoms with van der Waals surface area (Å²) in [5.41, 5.74) is 0.995. The molecule has 2 atom stereocenters. The lowest BCUT2D eigenvalue weighted by molar-refractivity contribution is -0.121. The van der Waals surface area contributed by atoms with Gasteiger partial charge in [0.25, 0.3) is 0 Å². The first-order valence-electron chi connectivity index (χ1n) is 6.11. The van der Waals surface area contributed by atoms with Crippen molar-refractivity contribution in [3.63, 3.8) is 0 Å². The number of aromatic nitrogens is 1. The molecule has 0 bridgehead atoms. The van der Waals surface area contributed by atoms with Crippen molar-refractivity contribution in [2.45, 2.75) is 44.8 Å². The van der Waals surface area contributed by atoms with Gasteiger partial charge in [-0.2, -0.15) is 0 Å². The highest BCUT2D eigenvalue weighted by atomic mass is 32.1. The molecular formula is C12H18N2O2S2. The van der Waals surface area contributed by atoms with E-state index in [0.717, 1.165) is 33.8 Å². The van der Waals surface area contributed by atoms with E-state index in [9.17, 15) is 4.79 Å². The second-order valence-electron chi connectivity index (χ2n) is 4.62. The maximum atomic E-state index is 12.0. The average molecular weight is 286 g/mol. The van der Waals surface area contributed by atoms with E-state index in [0.29, 0.717) is 6.42 Å². The number of rotatable bonds is 4. The van der Waals surface area contributed by atoms with Crippen LogP contribution in [0.15, 0.2) is 0 Å². The van der Waals surface area contributed by atoms with Gasteiger partial charge in [-0.1, -0.05) is 0 Å². The summed E-state index contributed by atoms with van der Waals surface area (Å²) in [5, 5.41) is 3.06. The highest BCUT2D eigenvalue weighted by molar-refractivity contribution is 7.73. The fourth-order valence-electron chi connectivity index (χ4n) is 2.38. The minimum atomic E-state index is 0.0531. The van der Waals surface area contributed by atoms with Crippen molar-refractivity contribution < 1.29 is 9.53 Å². The fourth-order valence-corrected chi connectivity index (χ4v) is 3.67. The molecule has 0 radical (unpaired) electrons. The molecule has 0 aliphatic heterocycles. The van der Waals surface area contributed by atoms with Gasteiger partial charge in [0.1, 0.15) is 0 Å². The molecule has 1 aromatic rings. The molecule has 0 aromatic carbocycles. The molecule has 18 heavy (non-hydrogen) atoms. The molecule has 0 spiro atoms. The van der Waals surface area contributed by atoms with Crippen molar-refractivity contribution in [3.8, 4) is 0 Å². The lowest BCUT2D eigenvalue weighted by Gasteiger charge is -2.19. The minimum Gasteiger partial charge on any atom is -0.379 e. The van der Waals surface area contributed by atoms with Gasteiger partial charge in [-0.05, 0) is 38.4 Å². The number of thiazole rings is 1. The maximum absolute atomic E-state index is 12.0. The van der Waals surface area contributed by atoms with Crippen LogP contribution in [0.5, 0.6) is 0 Å². The minimum absolute atomic E-state index is 0.0531. The fraction of sp³-hybridized carbons (Fsp3) is 0.667. The zero-order chi connectivity index (χ0) is 13.1. The van der Waals surface area contributed by atoms with Crippen LogP contribution in [0.1, 0.15) is 29.8 Å². The Hall–Kier alpha value is -0.720. The normalized spacial score (nSPS) is 23.2. The zero-order valence-corrected chi connectivity index (χ0v) is 12.2. The van der Waals surface area contributed by atoms with Crippen LogP contribution in [0, 0.1) is 10.9 Å². The van der Waals surface area contributed by atoms with E-state index < -0.39 is 0 Å². The van der Waals surface area contributed by atoms with Crippen molar-refractivity contribution in [3.05, 3.63) is 14.5 Å². The van der Waals surface area contributed by atoms with E-state index in [1.165, 1.54) is 11.3 Å². The van der Waals surface area contributed by atoms with Crippen molar-refractivity contribution >= 4 is 29.5 Å². The van der Waals surface area contributed by atoms with Gasteiger partial charge in [0.05, 0.1) is 18.6 Å². The van der Waals surface area contributed by atoms with E-state index in [-0.39, 0.29) is 18.1 Å². The van der Waals surface area contributed by atoms with Crippen LogP contribution >= 0.6 is 23.6 Å². The molecule has 1 aliphatic carbocycles. The van der Waals surface area contributed by atoms with Gasteiger partial charge >= 0.3 is 0 Å². The molecule has 1 saturated carbocycles. The van der Waals surface area contributed by atoms with Crippen molar-refractivity contribution in [1.29, 1.82) is 0 Å². The van der Waals surface area contributed by atoms with Gasteiger partial charge in [-0.25, -0.2) is 0 Å². The number of hydrogen-bond donors (Lipinski definition) is 2. The van der Waals surface area contributed by atoms with Gasteiger partial charge < -0.3 is 15.0 Å². The van der Waals surface area contributed by atoms with Gasteiger partial charge in [-0.15, -0.1) is 11.3 Å². The second kappa shape index (κ2) is 5.95. The molecule has 6 heteroatoms. The lowest BCUT2D eigenvalue weighted by Crippen LogP contribution is -2.41. The number of aromatic amines is 1. The summed E-state index contributed by atoms with van der Waals surface area (Å²) in [6.45, 7) is 1.95. The second-order valence-corrected chi connectivity index (χ2v) is 6.39. The molecular weight excluding hydrogens is 268 g/mol. The zero-order valence-electron chi connectivity index (χ0n) is 10.6. The molecule has 1 amide bonds. The number of H-pyrrole nitrogens is 1. The van der Waals surface area contributed by atoms with Crippen LogP contribution < -0.4 is 5.32 Å². The quantitative estimate of drug-likeness (QED) is 0.835. The van der Waals surface area contributed by atoms with Crippen molar-refractivity contribution in [2.75, 3.05) is 7.11 Å². The van der Waals surface area contributed by atoms with Gasteiger partial charge in [-0.3, -0.25) is 4.79 Å². The van der Waals surface area contributed by atoms with Crippen LogP contribution in [-0.4, -0.2) is 30.1 Å². The largest absolute Gasteiger partial charge is 0.379 e. The van der Waals surface area contributed by atoms with Crippen LogP contribution in [0.2, 0.25) is 0 Å². The molecule has 2 unspecified atom stereocenters. The number of nitrogens with one attached hydrogen (secondary N) is 2. The summed E-state index contributed by atoms with van der Waals surface area (Å²) in [4.78, 5) is 16.1. The van der Waals surface area contributed by atoms with Gasteiger partial charge in [0.15, 0.2) is 3.95 Å². The smallest absolute Gasteiger partial charge is 0.225 e. The van der Waals surface area contributed by atoms with Crippen LogP contribution in [0.3, 0.4) is 0 Å². The standard InChI is InChI=1S/C12H18N2O2S2/c1-7-10(18-12(17)13-7)6-11(15)14-8-4-3-5-9(8)16-2/h8-9H,3-6H2,1-2H3,(H,13,17)(H,14,15). The van der Waals surface area contributed by atoms with Crippen molar-refractivity contribution in [1.82, 2.24) is 10.3 Å². The highest BCUT2D eigenvalue weighted by Gasteiger charge is 2.28. The van der Waals surface area contributed by atoms with Crippen LogP contribution in [-0.2, 0) is 16.0 Å². The molecule has 100 valence electrons. The Bertz CT molecular complexity index is 481. The number of carbonyl (C=O) groups excluding carboxylic acids is 1. The van der Waals surface area contributed by atoms with Crippen LogP contribution in [0.4, 0.5) is 0 Å². The molecule has 2 N–H and O–H groups in total. The van der Waals surface area contributed by atoms with Gasteiger partial charge in [0, 0.05) is 17.7 Å². The SMILES string of the molecule is COC1CCCC1NC(=O)Cc1sc(=S)[nH]c1C. The maximum Gasteiger partial charge on any atom is 0.225 e. The Kier molecular flexibility index (Phi) is 4.53. The first-order valence-corrected chi connectivity index (χ1v) is 7.33. The third-order valence-electron chi connectivity index (χ3n) is 3.35. The monoisotopic (exact) mass is 286 g/mol. The number of aryl methyl sites for hydroxylation is 1. The summed E-state index contributed by atoms with van der Waals surface area (Å²) in [7, 11) is 1.71. The van der Waals surface area contributed by atoms with E-state index in [2.05, 4.69) is 10.3 Å². The van der Waals surface area contributed by atoms with Gasteiger partial charge in [0.2, 0.25) is 5.91 Å². The summed E-state index contributed by atoms with van der Waals surface area (Å²) in [6.07, 6.45) is 3.72. The third kappa shape index (κ3) is 3.18. The highest BCUT2D eigenvalue weighted by Crippen LogP contribution is 2.22. The van der Waals surface area contributed by atoms with Crippen LogP contribution in [0.25, 0.3) is 0 Å². The van der Waals surface area contributed by atoms with E-state index in [1.807, 2.05) is 6.92 Å². The molecule has 1 heterocycles. The lowest BCUT2D eigenvalue weighted by atomic mass is 10.2. The Balaban J connectivity index is 1.92. The molecule has 2 rings (SSSR count). The average Bonchev–Trinajstić information content (AvgIpc) is 2.86. The first-order chi connectivity index (χ1) is 8.60. The predicted molar refractivity (Wildman–Crippen MR) is 74.5 cm³/mol. The predicted octanol–water partition coefficient (Wildman–Crippen LogP) is 2.34. The number of methoxy groups -OCH3 is 1. The summed E-state index contributed by atoms with van der Waals surface area (Å²) >= 11 is 6.54. The van der Waals surface area contributed by atoms with E-state index in [1.54, 1.807) is 7.11 Å². The Labute approximate surface area is 116 Å². The Morgan fingerprint density at radius 1 is 1.61 bits per heavy atom. The number of ether oxygens (including phenoxy) is 1. The van der Waals surface area contributed by atoms with Crippen molar-refractivity contribution in [2.24, 2.45) is 0 Å². The topological polar surface area (TPSA) is 54.1 Å². The first kappa shape index (κ1) is 13.7.